The van der Waals surface area contributed by atoms with Gasteiger partial charge in [-0.3, -0.25) is 0 Å². The lowest BCUT2D eigenvalue weighted by Crippen LogP contribution is -2.41. The van der Waals surface area contributed by atoms with Crippen LogP contribution in [0.2, 0.25) is 0 Å². The third kappa shape index (κ3) is 2.77. The predicted octanol–water partition coefficient (Wildman–Crippen LogP) is 6.49. The highest BCUT2D eigenvalue weighted by molar-refractivity contribution is 6.05. The molecule has 0 saturated heterocycles. The van der Waals surface area contributed by atoms with Crippen LogP contribution in [0.15, 0.2) is 45.2 Å². The van der Waals surface area contributed by atoms with Crippen LogP contribution >= 0.6 is 0 Å². The van der Waals surface area contributed by atoms with E-state index in [1.54, 1.807) is 0 Å². The number of benzene rings is 2. The van der Waals surface area contributed by atoms with Crippen molar-refractivity contribution in [2.24, 2.45) is 0 Å². The Morgan fingerprint density at radius 3 is 2.26 bits per heavy atom. The molecule has 0 radical (unpaired) electrons. The number of oxazole rings is 1. The minimum Gasteiger partial charge on any atom is -0.456 e. The van der Waals surface area contributed by atoms with Crippen molar-refractivity contribution in [3.05, 3.63) is 59.3 Å². The topological polar surface area (TPSA) is 30.2 Å². The van der Waals surface area contributed by atoms with E-state index in [9.17, 15) is 0 Å². The predicted molar refractivity (Wildman–Crippen MR) is 110 cm³/mol. The summed E-state index contributed by atoms with van der Waals surface area (Å²) in [7, 11) is 0. The molecule has 4 rings (SSSR count). The number of hydrogen-bond donors (Lipinski definition) is 0. The van der Waals surface area contributed by atoms with Gasteiger partial charge in [0.15, 0.2) is 5.76 Å². The highest BCUT2D eigenvalue weighted by Gasteiger charge is 2.37. The monoisotopic (exact) mass is 362 g/mol. The molecule has 0 saturated carbocycles. The van der Waals surface area contributed by atoms with Gasteiger partial charge in [-0.1, -0.05) is 32.0 Å². The van der Waals surface area contributed by atoms with E-state index in [4.69, 9.17) is 8.83 Å². The zero-order valence-electron chi connectivity index (χ0n) is 17.3. The first-order valence-electron chi connectivity index (χ1n) is 9.66. The summed E-state index contributed by atoms with van der Waals surface area (Å²) >= 11 is 0. The van der Waals surface area contributed by atoms with Crippen molar-refractivity contribution in [3.63, 3.8) is 0 Å². The van der Waals surface area contributed by atoms with E-state index in [2.05, 4.69) is 77.3 Å². The highest BCUT2D eigenvalue weighted by Crippen LogP contribution is 2.33. The lowest BCUT2D eigenvalue weighted by Gasteiger charge is -2.12. The van der Waals surface area contributed by atoms with Crippen LogP contribution in [0.5, 0.6) is 0 Å². The molecule has 0 aliphatic heterocycles. The minimum absolute atomic E-state index is 0.0994. The Labute approximate surface area is 160 Å². The van der Waals surface area contributed by atoms with E-state index in [-0.39, 0.29) is 5.41 Å². The molecule has 0 amide bonds. The molecule has 2 aromatic carbocycles. The van der Waals surface area contributed by atoms with Gasteiger partial charge in [-0.2, -0.15) is 0 Å². The second kappa shape index (κ2) is 5.98. The number of para-hydroxylation sites is 1. The van der Waals surface area contributed by atoms with Gasteiger partial charge in [-0.25, -0.2) is 0 Å². The fraction of sp³-hybridized carbons (Fsp3) is 0.375. The molecule has 0 aliphatic carbocycles. The molecule has 0 aliphatic rings. The number of nitrogens with zero attached hydrogens (tertiary/aromatic N) is 1. The molecule has 0 spiro atoms. The van der Waals surface area contributed by atoms with E-state index in [0.29, 0.717) is 5.92 Å². The minimum atomic E-state index is -0.0994. The summed E-state index contributed by atoms with van der Waals surface area (Å²) in [5, 5.41) is 2.29. The van der Waals surface area contributed by atoms with Crippen LogP contribution in [0, 0.1) is 13.8 Å². The van der Waals surface area contributed by atoms with Crippen molar-refractivity contribution in [3.8, 4) is 5.69 Å². The first-order valence-corrected chi connectivity index (χ1v) is 9.66. The zero-order valence-corrected chi connectivity index (χ0v) is 17.3. The Bertz CT molecular complexity index is 1150. The standard InChI is InChI=1S/C24H28NO2/c1-14(2)22-16(4)25(23(27-22)24(5,6)7)19-13-18-17-10-8-9-11-20(17)26-21(18)12-15(19)3/h8-14H,1-7H3/q+1. The summed E-state index contributed by atoms with van der Waals surface area (Å²) in [5.41, 5.74) is 5.27. The molecular formula is C24H28NO2+. The van der Waals surface area contributed by atoms with Crippen LogP contribution in [-0.4, -0.2) is 0 Å². The van der Waals surface area contributed by atoms with Gasteiger partial charge in [0.05, 0.1) is 5.41 Å². The van der Waals surface area contributed by atoms with E-state index < -0.39 is 0 Å². The Hall–Kier alpha value is -2.55. The molecule has 2 heterocycles. The van der Waals surface area contributed by atoms with Crippen LogP contribution in [0.1, 0.15) is 63.4 Å². The van der Waals surface area contributed by atoms with Gasteiger partial charge in [-0.15, -0.1) is 4.57 Å². The summed E-state index contributed by atoms with van der Waals surface area (Å²) < 4.78 is 14.8. The SMILES string of the molecule is Cc1cc2oc3ccccc3c2cc1-[n+]1c(C(C)(C)C)oc(C(C)C)c1C. The van der Waals surface area contributed by atoms with Gasteiger partial charge >= 0.3 is 5.89 Å². The van der Waals surface area contributed by atoms with Crippen molar-refractivity contribution >= 4 is 21.9 Å². The van der Waals surface area contributed by atoms with Gasteiger partial charge in [0, 0.05) is 35.2 Å². The van der Waals surface area contributed by atoms with Crippen molar-refractivity contribution in [1.29, 1.82) is 0 Å². The molecule has 27 heavy (non-hydrogen) atoms. The number of hydrogen-bond acceptors (Lipinski definition) is 2. The highest BCUT2D eigenvalue weighted by atomic mass is 16.4. The summed E-state index contributed by atoms with van der Waals surface area (Å²) in [4.78, 5) is 0. The molecule has 0 bridgehead atoms. The van der Waals surface area contributed by atoms with Gasteiger partial charge in [0.2, 0.25) is 11.4 Å². The first kappa shape index (κ1) is 17.8. The fourth-order valence-electron chi connectivity index (χ4n) is 3.90. The van der Waals surface area contributed by atoms with E-state index in [1.807, 2.05) is 12.1 Å². The van der Waals surface area contributed by atoms with E-state index in [1.165, 1.54) is 11.3 Å². The maximum atomic E-state index is 6.40. The largest absolute Gasteiger partial charge is 0.456 e. The third-order valence-electron chi connectivity index (χ3n) is 5.20. The Morgan fingerprint density at radius 2 is 1.59 bits per heavy atom. The van der Waals surface area contributed by atoms with Gasteiger partial charge < -0.3 is 8.83 Å². The number of aromatic nitrogens is 1. The second-order valence-electron chi connectivity index (χ2n) is 8.83. The Kier molecular flexibility index (Phi) is 3.95. The normalized spacial score (nSPS) is 12.6. The molecule has 3 heteroatoms. The summed E-state index contributed by atoms with van der Waals surface area (Å²) in [5.74, 6) is 2.38. The number of rotatable bonds is 2. The smallest absolute Gasteiger partial charge is 0.358 e. The number of fused-ring (bicyclic) bond motifs is 3. The van der Waals surface area contributed by atoms with Crippen molar-refractivity contribution in [1.82, 2.24) is 0 Å². The van der Waals surface area contributed by atoms with Gasteiger partial charge in [0.25, 0.3) is 0 Å². The van der Waals surface area contributed by atoms with Crippen molar-refractivity contribution < 1.29 is 13.4 Å². The van der Waals surface area contributed by atoms with Gasteiger partial charge in [0.1, 0.15) is 11.2 Å². The van der Waals surface area contributed by atoms with E-state index >= 15 is 0 Å². The molecule has 3 nitrogen and oxygen atoms in total. The van der Waals surface area contributed by atoms with Crippen LogP contribution in [0.25, 0.3) is 27.6 Å². The number of furan rings is 1. The summed E-state index contributed by atoms with van der Waals surface area (Å²) in [6.45, 7) is 15.3. The Morgan fingerprint density at radius 1 is 0.889 bits per heavy atom. The summed E-state index contributed by atoms with van der Waals surface area (Å²) in [6, 6.07) is 12.6. The molecule has 140 valence electrons. The maximum Gasteiger partial charge on any atom is 0.358 e. The molecule has 0 fully saturated rings. The molecule has 0 N–H and O–H groups in total. The second-order valence-corrected chi connectivity index (χ2v) is 8.83. The lowest BCUT2D eigenvalue weighted by molar-refractivity contribution is -0.619. The molecule has 0 atom stereocenters. The van der Waals surface area contributed by atoms with Crippen molar-refractivity contribution in [2.45, 2.75) is 59.8 Å². The molecule has 2 aromatic heterocycles. The Balaban J connectivity index is 2.07. The first-order chi connectivity index (χ1) is 12.7. The van der Waals surface area contributed by atoms with Crippen LogP contribution in [0.3, 0.4) is 0 Å². The molecule has 0 unspecified atom stereocenters. The zero-order chi connectivity index (χ0) is 19.5. The van der Waals surface area contributed by atoms with Crippen LogP contribution in [0.4, 0.5) is 0 Å². The average Bonchev–Trinajstić information content (AvgIpc) is 3.11. The third-order valence-corrected chi connectivity index (χ3v) is 5.20. The average molecular weight is 362 g/mol. The van der Waals surface area contributed by atoms with Gasteiger partial charge in [-0.05, 0) is 39.8 Å². The van der Waals surface area contributed by atoms with Crippen LogP contribution in [-0.2, 0) is 5.41 Å². The summed E-state index contributed by atoms with van der Waals surface area (Å²) in [6.07, 6.45) is 0. The lowest BCUT2D eigenvalue weighted by atomic mass is 9.96. The number of aryl methyl sites for hydroxylation is 1. The van der Waals surface area contributed by atoms with E-state index in [0.717, 1.165) is 39.3 Å². The van der Waals surface area contributed by atoms with Crippen LogP contribution < -0.4 is 4.57 Å². The molecular weight excluding hydrogens is 334 g/mol. The van der Waals surface area contributed by atoms with Crippen molar-refractivity contribution in [2.75, 3.05) is 0 Å². The molecule has 4 aromatic rings. The fourth-order valence-corrected chi connectivity index (χ4v) is 3.90. The quantitative estimate of drug-likeness (QED) is 0.381. The maximum absolute atomic E-state index is 6.40.